The van der Waals surface area contributed by atoms with Gasteiger partial charge < -0.3 is 14.5 Å². The fourth-order valence-corrected chi connectivity index (χ4v) is 6.20. The lowest BCUT2D eigenvalue weighted by molar-refractivity contribution is -0.0465. The molecule has 0 spiro atoms. The zero-order chi connectivity index (χ0) is 27.4. The highest BCUT2D eigenvalue weighted by Crippen LogP contribution is 2.40. The van der Waals surface area contributed by atoms with Crippen LogP contribution in [-0.2, 0) is 10.0 Å². The average molecular weight is 561 g/mol. The van der Waals surface area contributed by atoms with Gasteiger partial charge in [-0.1, -0.05) is 17.3 Å². The Kier molecular flexibility index (Phi) is 6.55. The van der Waals surface area contributed by atoms with Crippen molar-refractivity contribution in [2.24, 2.45) is 0 Å². The first-order valence-electron chi connectivity index (χ1n) is 11.5. The van der Waals surface area contributed by atoms with E-state index < -0.39 is 81.9 Å². The molecule has 2 atom stereocenters. The summed E-state index contributed by atoms with van der Waals surface area (Å²) in [6, 6.07) is 0.0198. The Balaban J connectivity index is 1.48. The molecule has 5 rings (SSSR count). The number of benzene rings is 2. The van der Waals surface area contributed by atoms with Crippen LogP contribution in [0.2, 0.25) is 0 Å². The second-order valence-electron chi connectivity index (χ2n) is 9.15. The van der Waals surface area contributed by atoms with Crippen molar-refractivity contribution in [2.75, 3.05) is 18.5 Å². The Bertz CT molecular complexity index is 1490. The summed E-state index contributed by atoms with van der Waals surface area (Å²) in [5.41, 5.74) is -0.798. The number of aliphatic hydroxyl groups excluding tert-OH is 1. The van der Waals surface area contributed by atoms with Crippen molar-refractivity contribution in [1.29, 1.82) is 0 Å². The van der Waals surface area contributed by atoms with Crippen LogP contribution in [-0.4, -0.2) is 66.0 Å². The lowest BCUT2D eigenvalue weighted by atomic mass is 10.0. The molecule has 0 bridgehead atoms. The lowest BCUT2D eigenvalue weighted by Crippen LogP contribution is -2.50. The van der Waals surface area contributed by atoms with E-state index in [1.54, 1.807) is 0 Å². The van der Waals surface area contributed by atoms with E-state index in [2.05, 4.69) is 10.5 Å². The van der Waals surface area contributed by atoms with Crippen molar-refractivity contribution in [3.63, 3.8) is 0 Å². The number of nitrogens with zero attached hydrogens (tertiary/aromatic N) is 2. The fourth-order valence-electron chi connectivity index (χ4n) is 4.63. The van der Waals surface area contributed by atoms with E-state index in [1.165, 1.54) is 18.2 Å². The molecule has 2 heterocycles. The van der Waals surface area contributed by atoms with Gasteiger partial charge in [0.25, 0.3) is 5.92 Å². The monoisotopic (exact) mass is 560 g/mol. The standard InChI is InChI=1S/C23H21F5N4O5S/c24-11-8-14(25)19(15(26)9-11)13-2-1-3-16-20(13)21(30-37-16)29-22(34)32-10-17(23(27,28)18(32)6-7-33)31-38(35,36)12-4-5-12/h1-3,8-9,12,17-18,31,33H,4-7,10H2,(H,29,30,34)/t17-,18-/m1/s1. The van der Waals surface area contributed by atoms with E-state index in [9.17, 15) is 31.5 Å². The number of alkyl halides is 2. The SMILES string of the molecule is O=C(Nc1noc2cccc(-c3c(F)cc(F)cc3F)c12)N1C[C@@H](NS(=O)(=O)C2CC2)C(F)(F)[C@H]1CCO. The molecular formula is C23H21F5N4O5S. The van der Waals surface area contributed by atoms with Gasteiger partial charge in [0.15, 0.2) is 11.4 Å². The van der Waals surface area contributed by atoms with Crippen LogP contribution in [0, 0.1) is 17.5 Å². The summed E-state index contributed by atoms with van der Waals surface area (Å²) in [6.07, 6.45) is 0.127. The second kappa shape index (κ2) is 9.47. The molecule has 9 nitrogen and oxygen atoms in total. The quantitative estimate of drug-likeness (QED) is 0.380. The van der Waals surface area contributed by atoms with Crippen LogP contribution in [0.4, 0.5) is 32.6 Å². The molecule has 1 saturated heterocycles. The van der Waals surface area contributed by atoms with Crippen molar-refractivity contribution in [2.45, 2.75) is 42.5 Å². The molecule has 15 heteroatoms. The van der Waals surface area contributed by atoms with Gasteiger partial charge in [-0.2, -0.15) is 0 Å². The first-order valence-corrected chi connectivity index (χ1v) is 13.1. The van der Waals surface area contributed by atoms with Crippen LogP contribution < -0.4 is 10.0 Å². The van der Waals surface area contributed by atoms with Gasteiger partial charge in [0.2, 0.25) is 10.0 Å². The van der Waals surface area contributed by atoms with Crippen LogP contribution in [0.3, 0.4) is 0 Å². The summed E-state index contributed by atoms with van der Waals surface area (Å²) < 4.78 is 105. The Morgan fingerprint density at radius 1 is 1.18 bits per heavy atom. The minimum Gasteiger partial charge on any atom is -0.396 e. The van der Waals surface area contributed by atoms with Crippen LogP contribution >= 0.6 is 0 Å². The van der Waals surface area contributed by atoms with Crippen LogP contribution in [0.1, 0.15) is 19.3 Å². The van der Waals surface area contributed by atoms with E-state index in [0.29, 0.717) is 29.9 Å². The number of likely N-dealkylation sites (tertiary alicyclic amines) is 1. The number of rotatable bonds is 7. The van der Waals surface area contributed by atoms with Crippen molar-refractivity contribution in [1.82, 2.24) is 14.8 Å². The summed E-state index contributed by atoms with van der Waals surface area (Å²) in [7, 11) is -4.03. The van der Waals surface area contributed by atoms with E-state index in [0.717, 1.165) is 0 Å². The zero-order valence-electron chi connectivity index (χ0n) is 19.4. The Hall–Kier alpha value is -3.30. The van der Waals surface area contributed by atoms with Crippen LogP contribution in [0.25, 0.3) is 22.1 Å². The molecule has 2 fully saturated rings. The first kappa shape index (κ1) is 26.3. The first-order chi connectivity index (χ1) is 17.9. The van der Waals surface area contributed by atoms with Gasteiger partial charge in [-0.15, -0.1) is 0 Å². The third-order valence-electron chi connectivity index (χ3n) is 6.60. The maximum absolute atomic E-state index is 15.2. The highest BCUT2D eigenvalue weighted by molar-refractivity contribution is 7.90. The average Bonchev–Trinajstić information content (AvgIpc) is 3.58. The molecule has 1 saturated carbocycles. The molecule has 0 unspecified atom stereocenters. The minimum atomic E-state index is -4.03. The molecule has 0 radical (unpaired) electrons. The number of sulfonamides is 1. The Morgan fingerprint density at radius 3 is 2.50 bits per heavy atom. The number of nitrogens with one attached hydrogen (secondary N) is 2. The van der Waals surface area contributed by atoms with E-state index in [-0.39, 0.29) is 22.4 Å². The van der Waals surface area contributed by atoms with Gasteiger partial charge in [0.1, 0.15) is 29.5 Å². The molecule has 2 aliphatic rings. The molecule has 2 amide bonds. The molecule has 2 aromatic carbocycles. The number of aromatic nitrogens is 1. The van der Waals surface area contributed by atoms with Crippen LogP contribution in [0.15, 0.2) is 34.9 Å². The van der Waals surface area contributed by atoms with Gasteiger partial charge in [-0.3, -0.25) is 5.32 Å². The summed E-state index contributed by atoms with van der Waals surface area (Å²) >= 11 is 0. The molecule has 1 aliphatic carbocycles. The Labute approximate surface area is 212 Å². The molecule has 1 aliphatic heterocycles. The van der Waals surface area contributed by atoms with E-state index in [4.69, 9.17) is 4.52 Å². The highest BCUT2D eigenvalue weighted by atomic mass is 32.2. The highest BCUT2D eigenvalue weighted by Gasteiger charge is 2.59. The fraction of sp³-hybridized carbons (Fsp3) is 0.391. The topological polar surface area (TPSA) is 125 Å². The number of carbonyl (C=O) groups is 1. The number of hydrogen-bond acceptors (Lipinski definition) is 6. The molecule has 1 aromatic heterocycles. The van der Waals surface area contributed by atoms with Gasteiger partial charge in [0, 0.05) is 30.8 Å². The predicted molar refractivity (Wildman–Crippen MR) is 124 cm³/mol. The predicted octanol–water partition coefficient (Wildman–Crippen LogP) is 3.60. The van der Waals surface area contributed by atoms with Crippen molar-refractivity contribution in [3.8, 4) is 11.1 Å². The van der Waals surface area contributed by atoms with E-state index >= 15 is 8.78 Å². The van der Waals surface area contributed by atoms with Crippen molar-refractivity contribution in [3.05, 3.63) is 47.8 Å². The van der Waals surface area contributed by atoms with Crippen LogP contribution in [0.5, 0.6) is 0 Å². The number of hydrogen-bond donors (Lipinski definition) is 3. The number of urea groups is 1. The summed E-state index contributed by atoms with van der Waals surface area (Å²) in [6.45, 7) is -1.44. The van der Waals surface area contributed by atoms with Gasteiger partial charge in [0.05, 0.1) is 16.2 Å². The third-order valence-corrected chi connectivity index (χ3v) is 8.56. The lowest BCUT2D eigenvalue weighted by Gasteiger charge is -2.27. The number of halogens is 5. The van der Waals surface area contributed by atoms with E-state index in [1.807, 2.05) is 4.72 Å². The number of fused-ring (bicyclic) bond motifs is 1. The number of carbonyl (C=O) groups excluding carboxylic acids is 1. The molecule has 38 heavy (non-hydrogen) atoms. The van der Waals surface area contributed by atoms with Gasteiger partial charge >= 0.3 is 6.03 Å². The molecule has 3 aromatic rings. The molecular weight excluding hydrogens is 539 g/mol. The van der Waals surface area contributed by atoms with Gasteiger partial charge in [-0.25, -0.2) is 39.9 Å². The summed E-state index contributed by atoms with van der Waals surface area (Å²) in [4.78, 5) is 13.8. The minimum absolute atomic E-state index is 0.0188. The number of amides is 2. The zero-order valence-corrected chi connectivity index (χ0v) is 20.2. The van der Waals surface area contributed by atoms with Crippen molar-refractivity contribution >= 4 is 32.8 Å². The normalized spacial score (nSPS) is 21.3. The molecule has 3 N–H and O–H groups in total. The summed E-state index contributed by atoms with van der Waals surface area (Å²) in [5.74, 6) is -7.70. The smallest absolute Gasteiger partial charge is 0.323 e. The largest absolute Gasteiger partial charge is 0.396 e. The number of aliphatic hydroxyl groups is 1. The van der Waals surface area contributed by atoms with Crippen molar-refractivity contribution < 1.29 is 44.8 Å². The summed E-state index contributed by atoms with van der Waals surface area (Å²) in [5, 5.41) is 14.5. The number of anilines is 1. The second-order valence-corrected chi connectivity index (χ2v) is 11.1. The Morgan fingerprint density at radius 2 is 1.87 bits per heavy atom. The maximum Gasteiger partial charge on any atom is 0.323 e. The molecule has 204 valence electrons. The van der Waals surface area contributed by atoms with Gasteiger partial charge in [-0.05, 0) is 25.3 Å². The third kappa shape index (κ3) is 4.58. The maximum atomic E-state index is 15.2.